The van der Waals surface area contributed by atoms with E-state index in [2.05, 4.69) is 0 Å². The molecule has 0 aromatic heterocycles. The summed E-state index contributed by atoms with van der Waals surface area (Å²) in [6.07, 6.45) is -0.320. The molecule has 0 bridgehead atoms. The Kier molecular flexibility index (Phi) is 3.10. The predicted molar refractivity (Wildman–Crippen MR) is 67.6 cm³/mol. The van der Waals surface area contributed by atoms with E-state index in [1.54, 1.807) is 0 Å². The fourth-order valence-corrected chi connectivity index (χ4v) is 3.11. The Labute approximate surface area is 117 Å². The van der Waals surface area contributed by atoms with Crippen molar-refractivity contribution in [2.45, 2.75) is 70.0 Å². The van der Waals surface area contributed by atoms with E-state index >= 15 is 0 Å². The zero-order valence-electron chi connectivity index (χ0n) is 12.2. The van der Waals surface area contributed by atoms with Crippen LogP contribution < -0.4 is 0 Å². The minimum Gasteiger partial charge on any atom is -0.348 e. The van der Waals surface area contributed by atoms with Gasteiger partial charge in [0.2, 0.25) is 6.04 Å². The maximum absolute atomic E-state index is 10.9. The molecule has 20 heavy (non-hydrogen) atoms. The number of hydrogen-bond donors (Lipinski definition) is 0. The standard InChI is InChI=1S/C13H21NO6/c1-12(2)17-6-9(18-12)11-10(19-13(3,4)20-11)7-5-8(7)14(15)16/h7-11H,5-6H2,1-4H3/t7-,8-,9-,10-,11-/m1/s1. The average Bonchev–Trinajstić information content (AvgIpc) is 2.94. The van der Waals surface area contributed by atoms with Crippen LogP contribution in [0.3, 0.4) is 0 Å². The van der Waals surface area contributed by atoms with E-state index in [4.69, 9.17) is 18.9 Å². The lowest BCUT2D eigenvalue weighted by molar-refractivity contribution is -0.499. The Bertz CT molecular complexity index is 423. The molecule has 1 saturated carbocycles. The third-order valence-corrected chi connectivity index (χ3v) is 4.06. The van der Waals surface area contributed by atoms with Crippen LogP contribution >= 0.6 is 0 Å². The van der Waals surface area contributed by atoms with E-state index in [1.807, 2.05) is 27.7 Å². The van der Waals surface area contributed by atoms with Crippen LogP contribution in [-0.2, 0) is 18.9 Å². The van der Waals surface area contributed by atoms with E-state index < -0.39 is 17.6 Å². The van der Waals surface area contributed by atoms with Crippen LogP contribution in [0.1, 0.15) is 34.1 Å². The number of ether oxygens (including phenoxy) is 4. The SMILES string of the molecule is CC1(C)O[C@H]([C@@H]2C[C@H]2[N+](=O)[O-])[C@@H]([C@H]2COC(C)(C)O2)O1. The van der Waals surface area contributed by atoms with Crippen LogP contribution in [0.4, 0.5) is 0 Å². The third-order valence-electron chi connectivity index (χ3n) is 4.06. The van der Waals surface area contributed by atoms with Gasteiger partial charge in [-0.05, 0) is 27.7 Å². The Balaban J connectivity index is 1.73. The normalized spacial score (nSPS) is 45.5. The molecule has 0 spiro atoms. The average molecular weight is 287 g/mol. The summed E-state index contributed by atoms with van der Waals surface area (Å²) >= 11 is 0. The first-order valence-electron chi connectivity index (χ1n) is 6.99. The van der Waals surface area contributed by atoms with Gasteiger partial charge in [-0.25, -0.2) is 0 Å². The summed E-state index contributed by atoms with van der Waals surface area (Å²) in [5, 5.41) is 10.9. The highest BCUT2D eigenvalue weighted by atomic mass is 16.8. The molecule has 3 fully saturated rings. The van der Waals surface area contributed by atoms with E-state index in [9.17, 15) is 10.1 Å². The lowest BCUT2D eigenvalue weighted by Gasteiger charge is -2.23. The molecular formula is C13H21NO6. The summed E-state index contributed by atoms with van der Waals surface area (Å²) in [5.41, 5.74) is 0. The lowest BCUT2D eigenvalue weighted by Crippen LogP contribution is -2.40. The summed E-state index contributed by atoms with van der Waals surface area (Å²) in [6.45, 7) is 7.76. The molecule has 5 atom stereocenters. The second-order valence-corrected chi connectivity index (χ2v) is 6.68. The smallest absolute Gasteiger partial charge is 0.219 e. The molecule has 0 amide bonds. The molecule has 2 aliphatic heterocycles. The molecule has 0 unspecified atom stereocenters. The van der Waals surface area contributed by atoms with Crippen LogP contribution in [0, 0.1) is 16.0 Å². The van der Waals surface area contributed by atoms with Gasteiger partial charge >= 0.3 is 0 Å². The molecule has 0 aromatic rings. The van der Waals surface area contributed by atoms with Crippen LogP contribution in [0.2, 0.25) is 0 Å². The monoisotopic (exact) mass is 287 g/mol. The van der Waals surface area contributed by atoms with Gasteiger partial charge in [0.25, 0.3) is 0 Å². The molecule has 7 nitrogen and oxygen atoms in total. The van der Waals surface area contributed by atoms with Crippen molar-refractivity contribution < 1.29 is 23.9 Å². The van der Waals surface area contributed by atoms with E-state index in [1.165, 1.54) is 0 Å². The molecular weight excluding hydrogens is 266 g/mol. The number of rotatable bonds is 3. The summed E-state index contributed by atoms with van der Waals surface area (Å²) in [7, 11) is 0. The molecule has 0 N–H and O–H groups in total. The third kappa shape index (κ3) is 2.55. The van der Waals surface area contributed by atoms with Crippen molar-refractivity contribution in [3.63, 3.8) is 0 Å². The molecule has 3 aliphatic rings. The van der Waals surface area contributed by atoms with Gasteiger partial charge in [0.15, 0.2) is 11.6 Å². The fraction of sp³-hybridized carbons (Fsp3) is 1.00. The van der Waals surface area contributed by atoms with Crippen molar-refractivity contribution in [2.24, 2.45) is 5.92 Å². The maximum atomic E-state index is 10.9. The first-order chi connectivity index (χ1) is 9.19. The van der Waals surface area contributed by atoms with Gasteiger partial charge in [-0.1, -0.05) is 0 Å². The van der Waals surface area contributed by atoms with Gasteiger partial charge in [-0.3, -0.25) is 10.1 Å². The van der Waals surface area contributed by atoms with Crippen molar-refractivity contribution in [1.82, 2.24) is 0 Å². The van der Waals surface area contributed by atoms with Gasteiger partial charge in [-0.2, -0.15) is 0 Å². The minimum absolute atomic E-state index is 0.0934. The highest BCUT2D eigenvalue weighted by Crippen LogP contribution is 2.47. The Morgan fingerprint density at radius 2 is 1.70 bits per heavy atom. The molecule has 0 aromatic carbocycles. The second-order valence-electron chi connectivity index (χ2n) is 6.68. The summed E-state index contributed by atoms with van der Waals surface area (Å²) in [5.74, 6) is -1.48. The molecule has 3 rings (SSSR count). The molecule has 1 aliphatic carbocycles. The highest BCUT2D eigenvalue weighted by molar-refractivity contribution is 5.02. The van der Waals surface area contributed by atoms with Gasteiger partial charge in [0.05, 0.1) is 18.6 Å². The largest absolute Gasteiger partial charge is 0.348 e. The Hall–Kier alpha value is -0.760. The fourth-order valence-electron chi connectivity index (χ4n) is 3.11. The van der Waals surface area contributed by atoms with Crippen LogP contribution in [-0.4, -0.2) is 47.5 Å². The predicted octanol–water partition coefficient (Wildman–Crippen LogP) is 1.32. The molecule has 7 heteroatoms. The van der Waals surface area contributed by atoms with Crippen molar-refractivity contribution >= 4 is 0 Å². The van der Waals surface area contributed by atoms with E-state index in [-0.39, 0.29) is 29.2 Å². The van der Waals surface area contributed by atoms with Crippen LogP contribution in [0.5, 0.6) is 0 Å². The molecule has 0 radical (unpaired) electrons. The van der Waals surface area contributed by atoms with E-state index in [0.29, 0.717) is 13.0 Å². The number of hydrogen-bond acceptors (Lipinski definition) is 6. The first-order valence-corrected chi connectivity index (χ1v) is 6.99. The van der Waals surface area contributed by atoms with Gasteiger partial charge in [0, 0.05) is 11.3 Å². The summed E-state index contributed by atoms with van der Waals surface area (Å²) < 4.78 is 23.2. The van der Waals surface area contributed by atoms with Crippen LogP contribution in [0.15, 0.2) is 0 Å². The number of nitro groups is 1. The summed E-state index contributed by atoms with van der Waals surface area (Å²) in [6, 6.07) is -0.518. The van der Waals surface area contributed by atoms with Crippen molar-refractivity contribution in [2.75, 3.05) is 6.61 Å². The van der Waals surface area contributed by atoms with Crippen molar-refractivity contribution in [3.05, 3.63) is 10.1 Å². The van der Waals surface area contributed by atoms with Gasteiger partial charge in [-0.15, -0.1) is 0 Å². The Morgan fingerprint density at radius 3 is 2.20 bits per heavy atom. The number of nitrogens with zero attached hydrogens (tertiary/aromatic N) is 1. The van der Waals surface area contributed by atoms with Crippen molar-refractivity contribution in [3.8, 4) is 0 Å². The second kappa shape index (κ2) is 4.37. The zero-order chi connectivity index (χ0) is 14.7. The first kappa shape index (κ1) is 14.2. The maximum Gasteiger partial charge on any atom is 0.219 e. The lowest BCUT2D eigenvalue weighted by atomic mass is 10.0. The minimum atomic E-state index is -0.741. The van der Waals surface area contributed by atoms with Crippen molar-refractivity contribution in [1.29, 1.82) is 0 Å². The van der Waals surface area contributed by atoms with Gasteiger partial charge in [0.1, 0.15) is 12.2 Å². The zero-order valence-corrected chi connectivity index (χ0v) is 12.2. The van der Waals surface area contributed by atoms with E-state index in [0.717, 1.165) is 0 Å². The quantitative estimate of drug-likeness (QED) is 0.575. The van der Waals surface area contributed by atoms with Gasteiger partial charge < -0.3 is 18.9 Å². The molecule has 2 heterocycles. The molecule has 2 saturated heterocycles. The molecule has 114 valence electrons. The summed E-state index contributed by atoms with van der Waals surface area (Å²) in [4.78, 5) is 10.6. The van der Waals surface area contributed by atoms with Crippen LogP contribution in [0.25, 0.3) is 0 Å². The topological polar surface area (TPSA) is 80.1 Å². The highest BCUT2D eigenvalue weighted by Gasteiger charge is 2.62. The Morgan fingerprint density at radius 1 is 1.05 bits per heavy atom.